The fourth-order valence-electron chi connectivity index (χ4n) is 2.54. The molecule has 3 aromatic rings. The second-order valence-electron chi connectivity index (χ2n) is 6.31. The lowest BCUT2D eigenvalue weighted by atomic mass is 10.1. The number of halogens is 3. The molecule has 0 spiro atoms. The van der Waals surface area contributed by atoms with Crippen molar-refractivity contribution in [1.29, 1.82) is 5.26 Å². The van der Waals surface area contributed by atoms with Gasteiger partial charge in [0.05, 0.1) is 0 Å². The predicted octanol–water partition coefficient (Wildman–Crippen LogP) is 5.96. The van der Waals surface area contributed by atoms with Crippen LogP contribution in [0.15, 0.2) is 77.2 Å². The van der Waals surface area contributed by atoms with Crippen LogP contribution in [0.4, 0.5) is 5.69 Å². The van der Waals surface area contributed by atoms with Crippen molar-refractivity contribution in [1.82, 2.24) is 0 Å². The van der Waals surface area contributed by atoms with Crippen LogP contribution in [0, 0.1) is 11.3 Å². The zero-order valence-corrected chi connectivity index (χ0v) is 19.1. The molecule has 0 aromatic heterocycles. The number of anilines is 1. The Balaban J connectivity index is 1.94. The molecule has 1 N–H and O–H groups in total. The molecule has 0 heterocycles. The van der Waals surface area contributed by atoms with E-state index < -0.39 is 16.0 Å². The second kappa shape index (κ2) is 10.1. The fourth-order valence-corrected chi connectivity index (χ4v) is 3.99. The molecule has 32 heavy (non-hydrogen) atoms. The normalized spacial score (nSPS) is 11.5. The van der Waals surface area contributed by atoms with Crippen molar-refractivity contribution in [3.8, 4) is 11.8 Å². The summed E-state index contributed by atoms with van der Waals surface area (Å²) in [5.74, 6) is -0.839. The van der Waals surface area contributed by atoms with Gasteiger partial charge in [-0.3, -0.25) is 4.79 Å². The Labute approximate surface area is 199 Å². The van der Waals surface area contributed by atoms with Crippen molar-refractivity contribution < 1.29 is 17.4 Å². The SMILES string of the molecule is N#C/C(=C\c1cc(Cl)ccc1OS(=O)(=O)c1ccc(Cl)cc1)C(=O)Nc1cccc(Cl)c1. The van der Waals surface area contributed by atoms with Gasteiger partial charge in [-0.05, 0) is 66.7 Å². The van der Waals surface area contributed by atoms with E-state index in [0.29, 0.717) is 15.7 Å². The highest BCUT2D eigenvalue weighted by molar-refractivity contribution is 7.87. The fraction of sp³-hybridized carbons (Fsp3) is 0. The number of amides is 1. The summed E-state index contributed by atoms with van der Waals surface area (Å²) >= 11 is 17.7. The molecule has 0 atom stereocenters. The molecule has 0 unspecified atom stereocenters. The molecule has 3 aromatic carbocycles. The van der Waals surface area contributed by atoms with Crippen LogP contribution in [-0.2, 0) is 14.9 Å². The van der Waals surface area contributed by atoms with E-state index in [1.807, 2.05) is 0 Å². The average Bonchev–Trinajstić information content (AvgIpc) is 2.74. The number of hydrogen-bond donors (Lipinski definition) is 1. The minimum atomic E-state index is -4.21. The third kappa shape index (κ3) is 6.02. The van der Waals surface area contributed by atoms with Crippen LogP contribution < -0.4 is 9.50 Å². The minimum Gasteiger partial charge on any atom is -0.378 e. The van der Waals surface area contributed by atoms with E-state index in [-0.39, 0.29) is 26.8 Å². The molecule has 6 nitrogen and oxygen atoms in total. The minimum absolute atomic E-state index is 0.118. The standard InChI is InChI=1S/C22H13Cl3N2O4S/c23-16-4-7-20(8-5-16)32(29,30)31-21-9-6-18(25)11-14(21)10-15(13-26)22(28)27-19-3-1-2-17(24)12-19/h1-12H,(H,27,28)/b15-10+. The first kappa shape index (κ1) is 23.6. The van der Waals surface area contributed by atoms with Crippen LogP contribution in [0.25, 0.3) is 6.08 Å². The maximum atomic E-state index is 12.6. The van der Waals surface area contributed by atoms with Crippen LogP contribution >= 0.6 is 34.8 Å². The molecule has 10 heteroatoms. The Kier molecular flexibility index (Phi) is 7.44. The lowest BCUT2D eigenvalue weighted by molar-refractivity contribution is -0.112. The molecule has 0 saturated carbocycles. The van der Waals surface area contributed by atoms with Crippen molar-refractivity contribution in [2.75, 3.05) is 5.32 Å². The topological polar surface area (TPSA) is 96.3 Å². The van der Waals surface area contributed by atoms with Gasteiger partial charge in [-0.2, -0.15) is 13.7 Å². The Bertz CT molecular complexity index is 1350. The maximum Gasteiger partial charge on any atom is 0.339 e. The van der Waals surface area contributed by atoms with Crippen molar-refractivity contribution in [2.45, 2.75) is 4.90 Å². The molecule has 0 bridgehead atoms. The highest BCUT2D eigenvalue weighted by atomic mass is 35.5. The van der Waals surface area contributed by atoms with Crippen molar-refractivity contribution in [2.24, 2.45) is 0 Å². The summed E-state index contributed by atoms with van der Waals surface area (Å²) in [5, 5.41) is 13.0. The van der Waals surface area contributed by atoms with Crippen LogP contribution in [0.2, 0.25) is 15.1 Å². The van der Waals surface area contributed by atoms with Gasteiger partial charge in [0.25, 0.3) is 5.91 Å². The van der Waals surface area contributed by atoms with Gasteiger partial charge in [0.2, 0.25) is 0 Å². The van der Waals surface area contributed by atoms with Crippen molar-refractivity contribution >= 4 is 62.6 Å². The van der Waals surface area contributed by atoms with Crippen LogP contribution in [0.5, 0.6) is 5.75 Å². The average molecular weight is 508 g/mol. The zero-order valence-electron chi connectivity index (χ0n) is 16.1. The quantitative estimate of drug-likeness (QED) is 0.252. The molecule has 162 valence electrons. The predicted molar refractivity (Wildman–Crippen MR) is 124 cm³/mol. The van der Waals surface area contributed by atoms with Gasteiger partial charge in [-0.25, -0.2) is 0 Å². The largest absolute Gasteiger partial charge is 0.378 e. The molecule has 0 aliphatic rings. The number of nitriles is 1. The summed E-state index contributed by atoms with van der Waals surface area (Å²) in [7, 11) is -4.21. The van der Waals surface area contributed by atoms with E-state index in [2.05, 4.69) is 5.32 Å². The molecule has 3 rings (SSSR count). The van der Waals surface area contributed by atoms with Crippen LogP contribution in [0.3, 0.4) is 0 Å². The number of carbonyl (C=O) groups is 1. The molecule has 1 amide bonds. The van der Waals surface area contributed by atoms with Gasteiger partial charge < -0.3 is 9.50 Å². The van der Waals surface area contributed by atoms with E-state index in [0.717, 1.165) is 0 Å². The zero-order chi connectivity index (χ0) is 23.3. The summed E-state index contributed by atoms with van der Waals surface area (Å²) in [6.07, 6.45) is 1.18. The number of nitrogens with zero attached hydrogens (tertiary/aromatic N) is 1. The summed E-state index contributed by atoms with van der Waals surface area (Å²) in [4.78, 5) is 12.4. The highest BCUT2D eigenvalue weighted by Gasteiger charge is 2.19. The summed E-state index contributed by atoms with van der Waals surface area (Å²) < 4.78 is 30.5. The first-order valence-corrected chi connectivity index (χ1v) is 11.4. The van der Waals surface area contributed by atoms with Gasteiger partial charge in [-0.15, -0.1) is 0 Å². The Hall–Kier alpha value is -3.02. The third-order valence-electron chi connectivity index (χ3n) is 4.02. The summed E-state index contributed by atoms with van der Waals surface area (Å²) in [6.45, 7) is 0. The molecular formula is C22H13Cl3N2O4S. The van der Waals surface area contributed by atoms with Crippen LogP contribution in [0.1, 0.15) is 5.56 Å². The molecule has 0 fully saturated rings. The van der Waals surface area contributed by atoms with Crippen molar-refractivity contribution in [3.63, 3.8) is 0 Å². The molecular weight excluding hydrogens is 495 g/mol. The first-order chi connectivity index (χ1) is 15.2. The summed E-state index contributed by atoms with van der Waals surface area (Å²) in [5.41, 5.74) is 0.199. The first-order valence-electron chi connectivity index (χ1n) is 8.86. The Morgan fingerprint density at radius 1 is 0.938 bits per heavy atom. The maximum absolute atomic E-state index is 12.6. The van der Waals surface area contributed by atoms with E-state index in [9.17, 15) is 18.5 Å². The van der Waals surface area contributed by atoms with E-state index in [1.54, 1.807) is 24.3 Å². The third-order valence-corrected chi connectivity index (χ3v) is 5.99. The highest BCUT2D eigenvalue weighted by Crippen LogP contribution is 2.29. The Morgan fingerprint density at radius 2 is 1.59 bits per heavy atom. The van der Waals surface area contributed by atoms with Crippen molar-refractivity contribution in [3.05, 3.63) is 92.9 Å². The molecule has 0 aliphatic heterocycles. The van der Waals surface area contributed by atoms with Gasteiger partial charge in [0.1, 0.15) is 22.3 Å². The number of hydrogen-bond acceptors (Lipinski definition) is 5. The number of carbonyl (C=O) groups excluding carboxylic acids is 1. The smallest absolute Gasteiger partial charge is 0.339 e. The van der Waals surface area contributed by atoms with E-state index >= 15 is 0 Å². The van der Waals surface area contributed by atoms with E-state index in [4.69, 9.17) is 39.0 Å². The number of nitrogens with one attached hydrogen (secondary N) is 1. The molecule has 0 aliphatic carbocycles. The van der Waals surface area contributed by atoms with Gasteiger partial charge in [0.15, 0.2) is 0 Å². The van der Waals surface area contributed by atoms with Gasteiger partial charge in [-0.1, -0.05) is 40.9 Å². The van der Waals surface area contributed by atoms with Crippen LogP contribution in [-0.4, -0.2) is 14.3 Å². The lowest BCUT2D eigenvalue weighted by Gasteiger charge is -2.11. The Morgan fingerprint density at radius 3 is 2.25 bits per heavy atom. The molecule has 0 saturated heterocycles. The molecule has 0 radical (unpaired) electrons. The van der Waals surface area contributed by atoms with E-state index in [1.165, 1.54) is 54.6 Å². The second-order valence-corrected chi connectivity index (χ2v) is 9.16. The number of rotatable bonds is 6. The lowest BCUT2D eigenvalue weighted by Crippen LogP contribution is -2.14. The van der Waals surface area contributed by atoms with Gasteiger partial charge in [0, 0.05) is 26.3 Å². The monoisotopic (exact) mass is 506 g/mol. The van der Waals surface area contributed by atoms with Gasteiger partial charge >= 0.3 is 10.1 Å². The summed E-state index contributed by atoms with van der Waals surface area (Å²) in [6, 6.07) is 17.7. The number of benzene rings is 3.